The minimum Gasteiger partial charge on any atom is -0.384 e. The number of nitrogens with zero attached hydrogens (tertiary/aromatic N) is 2. The second kappa shape index (κ2) is 4.55. The van der Waals surface area contributed by atoms with Gasteiger partial charge >= 0.3 is 0 Å². The molecule has 1 aromatic carbocycles. The van der Waals surface area contributed by atoms with E-state index in [1.807, 2.05) is 22.2 Å². The van der Waals surface area contributed by atoms with E-state index in [0.29, 0.717) is 5.82 Å². The molecule has 3 rings (SSSR count). The van der Waals surface area contributed by atoms with Crippen LogP contribution in [0.25, 0.3) is 16.3 Å². The quantitative estimate of drug-likeness (QED) is 0.769. The zero-order valence-corrected chi connectivity index (χ0v) is 11.7. The van der Waals surface area contributed by atoms with Crippen molar-refractivity contribution in [1.82, 2.24) is 9.78 Å². The van der Waals surface area contributed by atoms with E-state index >= 15 is 0 Å². The topological polar surface area (TPSA) is 43.8 Å². The molecule has 0 aliphatic rings. The number of aromatic nitrogens is 2. The van der Waals surface area contributed by atoms with Gasteiger partial charge < -0.3 is 5.73 Å². The Bertz CT molecular complexity index is 711. The number of benzene rings is 1. The van der Waals surface area contributed by atoms with Crippen LogP contribution in [-0.4, -0.2) is 9.78 Å². The van der Waals surface area contributed by atoms with Crippen LogP contribution in [0.3, 0.4) is 0 Å². The Hall–Kier alpha value is -2.07. The fraction of sp³-hybridized carbons (Fsp3) is 0.133. The summed E-state index contributed by atoms with van der Waals surface area (Å²) in [4.78, 5) is 1.13. The average Bonchev–Trinajstić information content (AvgIpc) is 2.98. The number of hydrogen-bond donors (Lipinski definition) is 1. The lowest BCUT2D eigenvalue weighted by Crippen LogP contribution is -2.03. The molecule has 0 spiro atoms. The number of hydrogen-bond acceptors (Lipinski definition) is 3. The van der Waals surface area contributed by atoms with Crippen molar-refractivity contribution < 1.29 is 0 Å². The average molecular weight is 269 g/mol. The van der Waals surface area contributed by atoms with Gasteiger partial charge in [0, 0.05) is 6.07 Å². The number of thiophene rings is 1. The summed E-state index contributed by atoms with van der Waals surface area (Å²) in [6, 6.07) is 12.3. The van der Waals surface area contributed by atoms with Crippen molar-refractivity contribution in [1.29, 1.82) is 0 Å². The highest BCUT2D eigenvalue weighted by molar-refractivity contribution is 7.13. The summed E-state index contributed by atoms with van der Waals surface area (Å²) in [7, 11) is 0. The maximum Gasteiger partial charge on any atom is 0.127 e. The van der Waals surface area contributed by atoms with E-state index in [4.69, 9.17) is 5.73 Å². The molecule has 0 fully saturated rings. The smallest absolute Gasteiger partial charge is 0.127 e. The minimum absolute atomic E-state index is 0.662. The summed E-state index contributed by atoms with van der Waals surface area (Å²) in [5.74, 6) is 0.662. The Morgan fingerprint density at radius 2 is 2.00 bits per heavy atom. The van der Waals surface area contributed by atoms with Crippen molar-refractivity contribution in [3.8, 4) is 16.3 Å². The van der Waals surface area contributed by atoms with Crippen LogP contribution < -0.4 is 5.73 Å². The SMILES string of the molecule is Cc1ccc(-n2nc(-c3cccs3)cc2N)c(C)c1. The molecule has 4 heteroatoms. The normalized spacial score (nSPS) is 10.8. The highest BCUT2D eigenvalue weighted by Gasteiger charge is 2.11. The lowest BCUT2D eigenvalue weighted by atomic mass is 10.1. The van der Waals surface area contributed by atoms with Crippen molar-refractivity contribution in [2.45, 2.75) is 13.8 Å². The number of rotatable bonds is 2. The molecule has 0 amide bonds. The molecule has 0 aliphatic heterocycles. The summed E-state index contributed by atoms with van der Waals surface area (Å²) < 4.78 is 1.81. The van der Waals surface area contributed by atoms with E-state index in [2.05, 4.69) is 43.2 Å². The summed E-state index contributed by atoms with van der Waals surface area (Å²) >= 11 is 1.67. The largest absolute Gasteiger partial charge is 0.384 e. The maximum absolute atomic E-state index is 6.09. The third-order valence-corrected chi connectivity index (χ3v) is 3.98. The number of nitrogen functional groups attached to an aromatic ring is 1. The molecule has 0 saturated heterocycles. The van der Waals surface area contributed by atoms with Gasteiger partial charge in [0.15, 0.2) is 0 Å². The van der Waals surface area contributed by atoms with Gasteiger partial charge in [0.25, 0.3) is 0 Å². The number of anilines is 1. The van der Waals surface area contributed by atoms with Crippen LogP contribution in [0, 0.1) is 13.8 Å². The molecular weight excluding hydrogens is 254 g/mol. The molecule has 0 saturated carbocycles. The highest BCUT2D eigenvalue weighted by atomic mass is 32.1. The first-order chi connectivity index (χ1) is 9.15. The van der Waals surface area contributed by atoms with Crippen LogP contribution in [0.1, 0.15) is 11.1 Å². The lowest BCUT2D eigenvalue weighted by Gasteiger charge is -2.08. The summed E-state index contributed by atoms with van der Waals surface area (Å²) in [6.07, 6.45) is 0. The van der Waals surface area contributed by atoms with Gasteiger partial charge in [-0.1, -0.05) is 23.8 Å². The molecule has 2 aromatic heterocycles. The van der Waals surface area contributed by atoms with E-state index < -0.39 is 0 Å². The standard InChI is InChI=1S/C15H15N3S/c1-10-5-6-13(11(2)8-10)18-15(16)9-12(17-18)14-4-3-7-19-14/h3-9H,16H2,1-2H3. The molecular formula is C15H15N3S. The Balaban J connectivity index is 2.11. The van der Waals surface area contributed by atoms with Gasteiger partial charge in [-0.25, -0.2) is 4.68 Å². The van der Waals surface area contributed by atoms with Crippen molar-refractivity contribution in [3.63, 3.8) is 0 Å². The van der Waals surface area contributed by atoms with Gasteiger partial charge in [-0.2, -0.15) is 5.10 Å². The Morgan fingerprint density at radius 3 is 2.68 bits per heavy atom. The van der Waals surface area contributed by atoms with Gasteiger partial charge in [0.2, 0.25) is 0 Å². The Labute approximate surface area is 116 Å². The van der Waals surface area contributed by atoms with Crippen molar-refractivity contribution in [2.75, 3.05) is 5.73 Å². The Morgan fingerprint density at radius 1 is 1.16 bits per heavy atom. The van der Waals surface area contributed by atoms with Gasteiger partial charge in [-0.05, 0) is 36.9 Å². The van der Waals surface area contributed by atoms with E-state index in [1.165, 1.54) is 11.1 Å². The molecule has 96 valence electrons. The van der Waals surface area contributed by atoms with Crippen LogP contribution in [0.15, 0.2) is 41.8 Å². The van der Waals surface area contributed by atoms with Gasteiger partial charge in [-0.3, -0.25) is 0 Å². The van der Waals surface area contributed by atoms with E-state index in [1.54, 1.807) is 11.3 Å². The second-order valence-corrected chi connectivity index (χ2v) is 5.58. The van der Waals surface area contributed by atoms with Crippen LogP contribution >= 0.6 is 11.3 Å². The van der Waals surface area contributed by atoms with Crippen LogP contribution in [-0.2, 0) is 0 Å². The fourth-order valence-corrected chi connectivity index (χ4v) is 2.86. The highest BCUT2D eigenvalue weighted by Crippen LogP contribution is 2.27. The van der Waals surface area contributed by atoms with Gasteiger partial charge in [-0.15, -0.1) is 11.3 Å². The van der Waals surface area contributed by atoms with Crippen LogP contribution in [0.4, 0.5) is 5.82 Å². The summed E-state index contributed by atoms with van der Waals surface area (Å²) in [5.41, 5.74) is 10.5. The predicted molar refractivity (Wildman–Crippen MR) is 80.8 cm³/mol. The first-order valence-electron chi connectivity index (χ1n) is 6.12. The number of aryl methyl sites for hydroxylation is 2. The van der Waals surface area contributed by atoms with E-state index in [9.17, 15) is 0 Å². The third-order valence-electron chi connectivity index (χ3n) is 3.09. The van der Waals surface area contributed by atoms with Crippen molar-refractivity contribution in [2.24, 2.45) is 0 Å². The van der Waals surface area contributed by atoms with Gasteiger partial charge in [0.1, 0.15) is 11.5 Å². The molecule has 0 radical (unpaired) electrons. The molecule has 2 heterocycles. The van der Waals surface area contributed by atoms with Crippen LogP contribution in [0.2, 0.25) is 0 Å². The monoisotopic (exact) mass is 269 g/mol. The first kappa shape index (κ1) is 12.0. The summed E-state index contributed by atoms with van der Waals surface area (Å²) in [6.45, 7) is 4.16. The van der Waals surface area contributed by atoms with Crippen molar-refractivity contribution in [3.05, 3.63) is 52.9 Å². The van der Waals surface area contributed by atoms with Gasteiger partial charge in [0.05, 0.1) is 10.6 Å². The molecule has 19 heavy (non-hydrogen) atoms. The molecule has 2 N–H and O–H groups in total. The molecule has 0 unspecified atom stereocenters. The summed E-state index contributed by atoms with van der Waals surface area (Å²) in [5, 5.41) is 6.66. The van der Waals surface area contributed by atoms with Crippen molar-refractivity contribution >= 4 is 17.2 Å². The minimum atomic E-state index is 0.662. The van der Waals surface area contributed by atoms with E-state index in [-0.39, 0.29) is 0 Å². The second-order valence-electron chi connectivity index (χ2n) is 4.63. The predicted octanol–water partition coefficient (Wildman–Crippen LogP) is 3.80. The molecule has 3 nitrogen and oxygen atoms in total. The van der Waals surface area contributed by atoms with Crippen LogP contribution in [0.5, 0.6) is 0 Å². The Kier molecular flexibility index (Phi) is 2.87. The zero-order valence-electron chi connectivity index (χ0n) is 10.9. The zero-order chi connectivity index (χ0) is 13.4. The molecule has 0 bridgehead atoms. The fourth-order valence-electron chi connectivity index (χ4n) is 2.18. The third kappa shape index (κ3) is 2.15. The maximum atomic E-state index is 6.09. The molecule has 0 aliphatic carbocycles. The molecule has 0 atom stereocenters. The molecule has 3 aromatic rings. The first-order valence-corrected chi connectivity index (χ1v) is 7.00. The lowest BCUT2D eigenvalue weighted by molar-refractivity contribution is 0.887. The number of nitrogens with two attached hydrogens (primary N) is 1. The van der Waals surface area contributed by atoms with E-state index in [0.717, 1.165) is 16.3 Å².